The molecule has 0 aromatic carbocycles. The average molecular weight is 160 g/mol. The highest BCUT2D eigenvalue weighted by atomic mass is 19.3. The van der Waals surface area contributed by atoms with Crippen molar-refractivity contribution in [3.63, 3.8) is 0 Å². The summed E-state index contributed by atoms with van der Waals surface area (Å²) >= 11 is 0. The van der Waals surface area contributed by atoms with Gasteiger partial charge in [-0.2, -0.15) is 13.2 Å². The van der Waals surface area contributed by atoms with Gasteiger partial charge in [0.05, 0.1) is 0 Å². The van der Waals surface area contributed by atoms with Gasteiger partial charge < -0.3 is 14.6 Å². The van der Waals surface area contributed by atoms with E-state index in [1.165, 1.54) is 0 Å². The van der Waals surface area contributed by atoms with Gasteiger partial charge in [-0.3, -0.25) is 0 Å². The van der Waals surface area contributed by atoms with E-state index in [4.69, 9.17) is 5.11 Å². The van der Waals surface area contributed by atoms with E-state index < -0.39 is 12.1 Å². The van der Waals surface area contributed by atoms with Crippen LogP contribution in [0.2, 0.25) is 0 Å². The summed E-state index contributed by atoms with van der Waals surface area (Å²) in [4.78, 5) is 0. The number of alkyl halides is 3. The molecule has 0 rings (SSSR count). The van der Waals surface area contributed by atoms with Crippen molar-refractivity contribution in [2.24, 2.45) is 0 Å². The molecule has 0 aromatic rings. The summed E-state index contributed by atoms with van der Waals surface area (Å²) in [6.07, 6.45) is -4.35. The predicted octanol–water partition coefficient (Wildman–Crippen LogP) is 0.488. The molecule has 10 heavy (non-hydrogen) atoms. The zero-order chi connectivity index (χ0) is 8.41. The van der Waals surface area contributed by atoms with Crippen LogP contribution < -0.4 is 0 Å². The Morgan fingerprint density at radius 3 is 1.60 bits per heavy atom. The smallest absolute Gasteiger partial charge is 0.333 e. The lowest BCUT2D eigenvalue weighted by molar-refractivity contribution is -0.447. The molecular formula is C4H7F3O3. The first kappa shape index (κ1) is 9.67. The quantitative estimate of drug-likeness (QED) is 0.610. The Morgan fingerprint density at radius 2 is 1.50 bits per heavy atom. The zero-order valence-electron chi connectivity index (χ0n) is 5.40. The molecule has 0 aliphatic carbocycles. The maximum atomic E-state index is 12.1. The summed E-state index contributed by atoms with van der Waals surface area (Å²) in [5, 5.41) is 8.09. The minimum Gasteiger partial charge on any atom is -0.333 e. The topological polar surface area (TPSA) is 38.7 Å². The van der Waals surface area contributed by atoms with Crippen molar-refractivity contribution in [3.8, 4) is 0 Å². The highest BCUT2D eigenvalue weighted by Gasteiger charge is 2.56. The van der Waals surface area contributed by atoms with Gasteiger partial charge in [-0.25, -0.2) is 0 Å². The molecule has 1 atom stereocenters. The Kier molecular flexibility index (Phi) is 2.64. The van der Waals surface area contributed by atoms with E-state index in [1.54, 1.807) is 0 Å². The Morgan fingerprint density at radius 1 is 1.10 bits per heavy atom. The first-order chi connectivity index (χ1) is 4.37. The lowest BCUT2D eigenvalue weighted by Gasteiger charge is -2.24. The third-order valence-corrected chi connectivity index (χ3v) is 0.886. The maximum Gasteiger partial charge on any atom is 0.442 e. The molecule has 1 N–H and O–H groups in total. The van der Waals surface area contributed by atoms with Gasteiger partial charge in [0.25, 0.3) is 0 Å². The zero-order valence-corrected chi connectivity index (χ0v) is 5.40. The molecule has 0 fully saturated rings. The van der Waals surface area contributed by atoms with Gasteiger partial charge in [0.2, 0.25) is 0 Å². The second-order valence-corrected chi connectivity index (χ2v) is 1.49. The molecule has 0 heterocycles. The van der Waals surface area contributed by atoms with Crippen molar-refractivity contribution >= 4 is 0 Å². The van der Waals surface area contributed by atoms with Crippen LogP contribution in [0.3, 0.4) is 0 Å². The fourth-order valence-corrected chi connectivity index (χ4v) is 0.245. The monoisotopic (exact) mass is 160 g/mol. The molecule has 0 bridgehead atoms. The molecule has 0 spiro atoms. The van der Waals surface area contributed by atoms with Crippen LogP contribution in [0.5, 0.6) is 0 Å². The van der Waals surface area contributed by atoms with Crippen LogP contribution in [-0.2, 0) is 9.47 Å². The van der Waals surface area contributed by atoms with Crippen molar-refractivity contribution in [2.75, 3.05) is 14.2 Å². The molecule has 0 amide bonds. The maximum absolute atomic E-state index is 12.1. The highest BCUT2D eigenvalue weighted by molar-refractivity contribution is 4.63. The third kappa shape index (κ3) is 1.59. The number of methoxy groups -OCH3 is 2. The summed E-state index contributed by atoms with van der Waals surface area (Å²) in [5.41, 5.74) is 0. The van der Waals surface area contributed by atoms with E-state index in [0.29, 0.717) is 14.2 Å². The van der Waals surface area contributed by atoms with Crippen LogP contribution >= 0.6 is 0 Å². The van der Waals surface area contributed by atoms with E-state index in [1.807, 2.05) is 0 Å². The van der Waals surface area contributed by atoms with Gasteiger partial charge in [-0.15, -0.1) is 0 Å². The van der Waals surface area contributed by atoms with Gasteiger partial charge >= 0.3 is 12.1 Å². The summed E-state index contributed by atoms with van der Waals surface area (Å²) in [6.45, 7) is 0. The van der Waals surface area contributed by atoms with E-state index in [0.717, 1.165) is 0 Å². The van der Waals surface area contributed by atoms with Crippen LogP contribution in [0.4, 0.5) is 13.2 Å². The normalized spacial score (nSPS) is 18.6. The van der Waals surface area contributed by atoms with E-state index in [2.05, 4.69) is 9.47 Å². The van der Waals surface area contributed by atoms with Gasteiger partial charge in [-0.05, 0) is 0 Å². The first-order valence-electron chi connectivity index (χ1n) is 2.27. The van der Waals surface area contributed by atoms with Crippen LogP contribution in [0.25, 0.3) is 0 Å². The Labute approximate surface area is 55.4 Å². The summed E-state index contributed by atoms with van der Waals surface area (Å²) < 4.78 is 42.7. The van der Waals surface area contributed by atoms with E-state index >= 15 is 0 Å². The minimum absolute atomic E-state index is 0.545. The summed E-state index contributed by atoms with van der Waals surface area (Å²) in [7, 11) is 1.14. The van der Waals surface area contributed by atoms with Gasteiger partial charge in [0.1, 0.15) is 0 Å². The second-order valence-electron chi connectivity index (χ2n) is 1.49. The standard InChI is InChI=1S/C4H7F3O3/c1-9-3(5,6)4(7,8)10-2/h8H,1-2H3. The lowest BCUT2D eigenvalue weighted by atomic mass is 10.5. The molecule has 0 aliphatic heterocycles. The van der Waals surface area contributed by atoms with Crippen molar-refractivity contribution in [3.05, 3.63) is 0 Å². The Balaban J connectivity index is 4.28. The average Bonchev–Trinajstić information content (AvgIpc) is 1.88. The van der Waals surface area contributed by atoms with E-state index in [9.17, 15) is 13.2 Å². The molecule has 0 aliphatic rings. The van der Waals surface area contributed by atoms with Crippen LogP contribution in [0.15, 0.2) is 0 Å². The molecule has 62 valence electrons. The minimum atomic E-state index is -4.35. The van der Waals surface area contributed by atoms with Crippen LogP contribution in [-0.4, -0.2) is 31.5 Å². The fraction of sp³-hybridized carbons (Fsp3) is 1.00. The van der Waals surface area contributed by atoms with Crippen molar-refractivity contribution in [1.82, 2.24) is 0 Å². The van der Waals surface area contributed by atoms with Crippen LogP contribution in [0.1, 0.15) is 0 Å². The molecule has 0 radical (unpaired) electrons. The van der Waals surface area contributed by atoms with Crippen molar-refractivity contribution in [2.45, 2.75) is 12.1 Å². The Bertz CT molecular complexity index is 100. The fourth-order valence-electron chi connectivity index (χ4n) is 0.245. The number of ether oxygens (including phenoxy) is 2. The molecule has 1 unspecified atom stereocenters. The molecule has 0 aromatic heterocycles. The number of rotatable bonds is 3. The van der Waals surface area contributed by atoms with E-state index in [-0.39, 0.29) is 0 Å². The number of hydrogen-bond donors (Lipinski definition) is 1. The summed E-state index contributed by atoms with van der Waals surface area (Å²) in [5.74, 6) is 0. The lowest BCUT2D eigenvalue weighted by Crippen LogP contribution is -2.47. The highest BCUT2D eigenvalue weighted by Crippen LogP contribution is 2.30. The van der Waals surface area contributed by atoms with Gasteiger partial charge in [-0.1, -0.05) is 0 Å². The molecule has 3 nitrogen and oxygen atoms in total. The molecular weight excluding hydrogens is 153 g/mol. The van der Waals surface area contributed by atoms with Crippen molar-refractivity contribution < 1.29 is 27.8 Å². The third-order valence-electron chi connectivity index (χ3n) is 0.886. The van der Waals surface area contributed by atoms with Gasteiger partial charge in [0.15, 0.2) is 0 Å². The molecule has 0 saturated heterocycles. The number of halogens is 3. The number of hydrogen-bond acceptors (Lipinski definition) is 3. The summed E-state index contributed by atoms with van der Waals surface area (Å²) in [6, 6.07) is -4.07. The predicted molar refractivity (Wildman–Crippen MR) is 25.0 cm³/mol. The Hall–Kier alpha value is -0.330. The van der Waals surface area contributed by atoms with Gasteiger partial charge in [0, 0.05) is 14.2 Å². The molecule has 6 heteroatoms. The first-order valence-corrected chi connectivity index (χ1v) is 2.27. The molecule has 0 saturated carbocycles. The number of aliphatic hydroxyl groups is 1. The largest absolute Gasteiger partial charge is 0.442 e. The second kappa shape index (κ2) is 2.73. The SMILES string of the molecule is COC(O)(F)C(F)(F)OC. The van der Waals surface area contributed by atoms with Crippen molar-refractivity contribution in [1.29, 1.82) is 0 Å². The van der Waals surface area contributed by atoms with Crippen LogP contribution in [0, 0.1) is 0 Å².